The fourth-order valence-corrected chi connectivity index (χ4v) is 3.73. The summed E-state index contributed by atoms with van der Waals surface area (Å²) in [4.78, 5) is 12.3. The molecule has 0 bridgehead atoms. The van der Waals surface area contributed by atoms with Crippen LogP contribution in [0.15, 0.2) is 51.4 Å². The molecule has 3 heterocycles. The molecule has 1 atom stereocenters. The number of nitrogens with zero attached hydrogens (tertiary/aromatic N) is 1. The van der Waals surface area contributed by atoms with Crippen LogP contribution in [-0.2, 0) is 14.3 Å². The number of rotatable bonds is 4. The molecule has 0 saturated carbocycles. The maximum absolute atomic E-state index is 12.3. The molecule has 2 N–H and O–H groups in total. The predicted octanol–water partition coefficient (Wildman–Crippen LogP) is 2.71. The van der Waals surface area contributed by atoms with Crippen molar-refractivity contribution in [3.8, 4) is 6.07 Å². The van der Waals surface area contributed by atoms with Gasteiger partial charge < -0.3 is 20.1 Å². The van der Waals surface area contributed by atoms with Gasteiger partial charge in [0.25, 0.3) is 0 Å². The van der Waals surface area contributed by atoms with Crippen LogP contribution in [-0.4, -0.2) is 38.9 Å². The molecule has 3 rings (SSSR count). The number of hydrogen-bond acceptors (Lipinski definition) is 8. The van der Waals surface area contributed by atoms with E-state index < -0.39 is 11.9 Å². The zero-order valence-corrected chi connectivity index (χ0v) is 16.9. The summed E-state index contributed by atoms with van der Waals surface area (Å²) in [5.74, 6) is -0.906. The van der Waals surface area contributed by atoms with Crippen molar-refractivity contribution in [3.63, 3.8) is 0 Å². The van der Waals surface area contributed by atoms with Crippen molar-refractivity contribution in [1.29, 1.82) is 5.26 Å². The van der Waals surface area contributed by atoms with Crippen LogP contribution in [0.4, 0.5) is 0 Å². The lowest BCUT2D eigenvalue weighted by molar-refractivity contribution is -0.138. The van der Waals surface area contributed by atoms with Gasteiger partial charge in [-0.25, -0.2) is 4.79 Å². The van der Waals surface area contributed by atoms with E-state index >= 15 is 0 Å². The number of carbonyl (C=O) groups excluding carboxylic acids is 1. The minimum Gasteiger partial charge on any atom is -0.458 e. The Labute approximate surface area is 169 Å². The van der Waals surface area contributed by atoms with Crippen LogP contribution in [0.25, 0.3) is 0 Å². The van der Waals surface area contributed by atoms with E-state index in [9.17, 15) is 10.1 Å². The second kappa shape index (κ2) is 10.9. The number of dihydropyridines is 1. The molecule has 6 nitrogen and oxygen atoms in total. The minimum absolute atomic E-state index is 0.130. The fourth-order valence-electron chi connectivity index (χ4n) is 2.70. The first-order valence-electron chi connectivity index (χ1n) is 8.49. The lowest BCUT2D eigenvalue weighted by atomic mass is 9.84. The van der Waals surface area contributed by atoms with Crippen molar-refractivity contribution in [2.24, 2.45) is 0 Å². The number of ether oxygens (including phenoxy) is 2. The summed E-state index contributed by atoms with van der Waals surface area (Å²) in [6, 6.07) is 4.03. The van der Waals surface area contributed by atoms with Crippen LogP contribution in [0, 0.1) is 11.3 Å². The van der Waals surface area contributed by atoms with Gasteiger partial charge in [-0.2, -0.15) is 16.6 Å². The quantitative estimate of drug-likeness (QED) is 0.406. The van der Waals surface area contributed by atoms with Crippen molar-refractivity contribution in [2.45, 2.75) is 12.8 Å². The van der Waals surface area contributed by atoms with Crippen LogP contribution in [0.1, 0.15) is 18.4 Å². The SMILES string of the molecule is C1COCCN1.C=CCOC(=O)C1=C(C)NC(S)=C(C#N)C1c1ccsc1. The molecule has 0 aromatic carbocycles. The van der Waals surface area contributed by atoms with Crippen LogP contribution in [0.5, 0.6) is 0 Å². The van der Waals surface area contributed by atoms with Crippen molar-refractivity contribution >= 4 is 29.9 Å². The molecule has 1 aromatic rings. The molecule has 1 saturated heterocycles. The van der Waals surface area contributed by atoms with Crippen LogP contribution in [0.3, 0.4) is 0 Å². The lowest BCUT2D eigenvalue weighted by Crippen LogP contribution is -2.30. The normalized spacial score (nSPS) is 19.4. The highest BCUT2D eigenvalue weighted by Crippen LogP contribution is 2.39. The zero-order chi connectivity index (χ0) is 19.6. The summed E-state index contributed by atoms with van der Waals surface area (Å²) in [5.41, 5.74) is 2.37. The van der Waals surface area contributed by atoms with Gasteiger partial charge in [-0.05, 0) is 29.3 Å². The van der Waals surface area contributed by atoms with Gasteiger partial charge in [-0.15, -0.1) is 12.6 Å². The Bertz CT molecular complexity index is 748. The summed E-state index contributed by atoms with van der Waals surface area (Å²) < 4.78 is 10.2. The van der Waals surface area contributed by atoms with Crippen LogP contribution in [0.2, 0.25) is 0 Å². The summed E-state index contributed by atoms with van der Waals surface area (Å²) in [7, 11) is 0. The summed E-state index contributed by atoms with van der Waals surface area (Å²) in [6.45, 7) is 9.26. The highest BCUT2D eigenvalue weighted by Gasteiger charge is 2.34. The van der Waals surface area contributed by atoms with E-state index in [0.29, 0.717) is 21.9 Å². The van der Waals surface area contributed by atoms with E-state index in [1.807, 2.05) is 16.8 Å². The first kappa shape index (κ1) is 21.3. The molecule has 27 heavy (non-hydrogen) atoms. The van der Waals surface area contributed by atoms with Gasteiger partial charge in [0.05, 0.1) is 41.4 Å². The van der Waals surface area contributed by atoms with Crippen molar-refractivity contribution in [2.75, 3.05) is 32.9 Å². The number of nitriles is 1. The highest BCUT2D eigenvalue weighted by molar-refractivity contribution is 7.84. The first-order valence-corrected chi connectivity index (χ1v) is 9.88. The van der Waals surface area contributed by atoms with Crippen LogP contribution < -0.4 is 10.6 Å². The molecule has 0 spiro atoms. The largest absolute Gasteiger partial charge is 0.458 e. The predicted molar refractivity (Wildman–Crippen MR) is 109 cm³/mol. The molecule has 2 aliphatic rings. The third kappa shape index (κ3) is 5.71. The number of thiol groups is 1. The number of nitrogens with one attached hydrogen (secondary N) is 2. The molecular weight excluding hydrogens is 382 g/mol. The smallest absolute Gasteiger partial charge is 0.337 e. The van der Waals surface area contributed by atoms with E-state index in [0.717, 1.165) is 31.9 Å². The third-order valence-corrected chi connectivity index (χ3v) is 4.99. The third-order valence-electron chi connectivity index (χ3n) is 3.94. The molecule has 0 amide bonds. The number of esters is 1. The minimum atomic E-state index is -0.454. The maximum atomic E-state index is 12.3. The van der Waals surface area contributed by atoms with E-state index in [1.54, 1.807) is 6.92 Å². The lowest BCUT2D eigenvalue weighted by Gasteiger charge is -2.27. The number of allylic oxidation sites excluding steroid dienone is 2. The Morgan fingerprint density at radius 1 is 1.56 bits per heavy atom. The highest BCUT2D eigenvalue weighted by atomic mass is 32.1. The summed E-state index contributed by atoms with van der Waals surface area (Å²) in [6.07, 6.45) is 1.51. The second-order valence-corrected chi connectivity index (χ2v) is 7.00. The number of carbonyl (C=O) groups is 1. The fraction of sp³-hybridized carbons (Fsp3) is 0.368. The van der Waals surface area contributed by atoms with Gasteiger partial charge in [0.15, 0.2) is 0 Å². The first-order chi connectivity index (χ1) is 13.1. The summed E-state index contributed by atoms with van der Waals surface area (Å²) >= 11 is 5.82. The Morgan fingerprint density at radius 2 is 2.30 bits per heavy atom. The topological polar surface area (TPSA) is 83.4 Å². The van der Waals surface area contributed by atoms with E-state index in [1.165, 1.54) is 17.4 Å². The molecule has 0 radical (unpaired) electrons. The van der Waals surface area contributed by atoms with Crippen molar-refractivity contribution in [1.82, 2.24) is 10.6 Å². The van der Waals surface area contributed by atoms with E-state index in [-0.39, 0.29) is 6.61 Å². The Morgan fingerprint density at radius 3 is 2.78 bits per heavy atom. The van der Waals surface area contributed by atoms with Crippen LogP contribution >= 0.6 is 24.0 Å². The number of thiophene rings is 1. The Hall–Kier alpha value is -2.05. The van der Waals surface area contributed by atoms with Gasteiger partial charge in [0.1, 0.15) is 6.61 Å². The monoisotopic (exact) mass is 405 g/mol. The average molecular weight is 406 g/mol. The van der Waals surface area contributed by atoms with Gasteiger partial charge >= 0.3 is 5.97 Å². The van der Waals surface area contributed by atoms with E-state index in [4.69, 9.17) is 9.47 Å². The molecule has 2 aliphatic heterocycles. The molecule has 1 fully saturated rings. The average Bonchev–Trinajstić information content (AvgIpc) is 3.22. The van der Waals surface area contributed by atoms with Gasteiger partial charge in [-0.3, -0.25) is 0 Å². The standard InChI is InChI=1S/C15H14N2O2S2.C4H9NO/c1-3-5-19-15(18)12-9(2)17-14(20)11(7-16)13(12)10-4-6-21-8-10;1-3-6-4-2-5-1/h3-4,6,8,13,17,20H,1,5H2,2H3;5H,1-4H2. The maximum Gasteiger partial charge on any atom is 0.337 e. The molecule has 1 aromatic heterocycles. The molecule has 0 aliphatic carbocycles. The second-order valence-electron chi connectivity index (χ2n) is 5.78. The van der Waals surface area contributed by atoms with Gasteiger partial charge in [0, 0.05) is 18.8 Å². The van der Waals surface area contributed by atoms with E-state index in [2.05, 4.69) is 35.9 Å². The molecule has 8 heteroatoms. The number of morpholine rings is 1. The van der Waals surface area contributed by atoms with Crippen molar-refractivity contribution < 1.29 is 14.3 Å². The Balaban J connectivity index is 0.000000369. The number of hydrogen-bond donors (Lipinski definition) is 3. The Kier molecular flexibility index (Phi) is 8.61. The molecule has 1 unspecified atom stereocenters. The molecular formula is C19H23N3O3S2. The molecule has 144 valence electrons. The van der Waals surface area contributed by atoms with Crippen molar-refractivity contribution in [3.05, 3.63) is 56.9 Å². The van der Waals surface area contributed by atoms with Gasteiger partial charge in [0.2, 0.25) is 0 Å². The van der Waals surface area contributed by atoms with Gasteiger partial charge in [-0.1, -0.05) is 12.7 Å². The zero-order valence-electron chi connectivity index (χ0n) is 15.2. The summed E-state index contributed by atoms with van der Waals surface area (Å²) in [5, 5.41) is 19.8.